The Morgan fingerprint density at radius 3 is 2.57 bits per heavy atom. The van der Waals surface area contributed by atoms with Gasteiger partial charge in [0.2, 0.25) is 5.91 Å². The number of rotatable bonds is 3. The maximum Gasteiger partial charge on any atom is 0.328 e. The van der Waals surface area contributed by atoms with Crippen LogP contribution in [0.5, 0.6) is 0 Å². The minimum atomic E-state index is -1.03. The van der Waals surface area contributed by atoms with Gasteiger partial charge in [0.25, 0.3) is 0 Å². The van der Waals surface area contributed by atoms with Gasteiger partial charge in [-0.1, -0.05) is 30.3 Å². The van der Waals surface area contributed by atoms with Crippen LogP contribution in [0.1, 0.15) is 19.4 Å². The SMILES string of the molecule is CC1(C)SC2CN(C(=O)Cc3ccccc3)C(=O)N2[C@H]1C(=O)O. The number of imide groups is 1. The monoisotopic (exact) mass is 334 g/mol. The number of carboxylic acid groups (broad SMARTS) is 1. The van der Waals surface area contributed by atoms with Crippen LogP contribution in [0.3, 0.4) is 0 Å². The second-order valence-electron chi connectivity index (χ2n) is 6.27. The van der Waals surface area contributed by atoms with Gasteiger partial charge >= 0.3 is 12.0 Å². The maximum atomic E-state index is 12.6. The Kier molecular flexibility index (Phi) is 3.83. The second kappa shape index (κ2) is 5.56. The summed E-state index contributed by atoms with van der Waals surface area (Å²) >= 11 is 1.44. The molecule has 0 aromatic heterocycles. The van der Waals surface area contributed by atoms with E-state index in [-0.39, 0.29) is 24.2 Å². The quantitative estimate of drug-likeness (QED) is 0.912. The van der Waals surface area contributed by atoms with Crippen molar-refractivity contribution in [2.24, 2.45) is 0 Å². The summed E-state index contributed by atoms with van der Waals surface area (Å²) in [6.45, 7) is 3.87. The molecule has 122 valence electrons. The lowest BCUT2D eigenvalue weighted by molar-refractivity contribution is -0.142. The Labute approximate surface area is 138 Å². The van der Waals surface area contributed by atoms with Gasteiger partial charge < -0.3 is 5.11 Å². The third-order valence-corrected chi connectivity index (χ3v) is 5.69. The predicted molar refractivity (Wildman–Crippen MR) is 86.0 cm³/mol. The fourth-order valence-corrected chi connectivity index (χ4v) is 4.79. The van der Waals surface area contributed by atoms with E-state index in [0.717, 1.165) is 5.56 Å². The van der Waals surface area contributed by atoms with Crippen LogP contribution in [-0.4, -0.2) is 55.5 Å². The normalized spacial score (nSPS) is 25.6. The van der Waals surface area contributed by atoms with E-state index < -0.39 is 22.8 Å². The summed E-state index contributed by atoms with van der Waals surface area (Å²) in [5, 5.41) is 9.17. The molecule has 0 spiro atoms. The molecule has 1 unspecified atom stereocenters. The predicted octanol–water partition coefficient (Wildman–Crippen LogP) is 1.80. The summed E-state index contributed by atoms with van der Waals surface area (Å²) in [6.07, 6.45) is 0.138. The van der Waals surface area contributed by atoms with E-state index in [0.29, 0.717) is 0 Å². The van der Waals surface area contributed by atoms with Crippen molar-refractivity contribution in [2.75, 3.05) is 6.54 Å². The van der Waals surface area contributed by atoms with Gasteiger partial charge in [-0.05, 0) is 19.4 Å². The van der Waals surface area contributed by atoms with Gasteiger partial charge in [0.05, 0.1) is 18.3 Å². The molecule has 3 rings (SSSR count). The summed E-state index contributed by atoms with van der Waals surface area (Å²) in [7, 11) is 0. The second-order valence-corrected chi connectivity index (χ2v) is 8.11. The molecule has 0 radical (unpaired) electrons. The Morgan fingerprint density at radius 1 is 1.30 bits per heavy atom. The largest absolute Gasteiger partial charge is 0.480 e. The minimum absolute atomic E-state index is 0.138. The summed E-state index contributed by atoms with van der Waals surface area (Å²) < 4.78 is -0.569. The lowest BCUT2D eigenvalue weighted by Crippen LogP contribution is -2.50. The van der Waals surface area contributed by atoms with Gasteiger partial charge in [0.15, 0.2) is 0 Å². The lowest BCUT2D eigenvalue weighted by Gasteiger charge is -2.27. The van der Waals surface area contributed by atoms with E-state index in [1.165, 1.54) is 21.6 Å². The lowest BCUT2D eigenvalue weighted by atomic mass is 10.0. The van der Waals surface area contributed by atoms with Crippen LogP contribution >= 0.6 is 11.8 Å². The number of benzene rings is 1. The van der Waals surface area contributed by atoms with E-state index in [2.05, 4.69) is 0 Å². The number of thioether (sulfide) groups is 1. The molecule has 2 fully saturated rings. The highest BCUT2D eigenvalue weighted by atomic mass is 32.2. The van der Waals surface area contributed by atoms with Gasteiger partial charge in [0, 0.05) is 4.75 Å². The number of carbonyl (C=O) groups excluding carboxylic acids is 2. The Balaban J connectivity index is 1.78. The molecule has 2 heterocycles. The molecular weight excluding hydrogens is 316 g/mol. The molecule has 6 nitrogen and oxygen atoms in total. The molecule has 2 saturated heterocycles. The number of hydrogen-bond acceptors (Lipinski definition) is 4. The molecule has 2 aliphatic heterocycles. The molecule has 2 aliphatic rings. The van der Waals surface area contributed by atoms with Crippen LogP contribution in [0.15, 0.2) is 30.3 Å². The van der Waals surface area contributed by atoms with E-state index in [1.807, 2.05) is 44.2 Å². The number of carbonyl (C=O) groups is 3. The highest BCUT2D eigenvalue weighted by Gasteiger charge is 2.58. The maximum absolute atomic E-state index is 12.6. The topological polar surface area (TPSA) is 77.9 Å². The summed E-state index contributed by atoms with van der Waals surface area (Å²) in [6, 6.07) is 7.79. The first-order valence-corrected chi connectivity index (χ1v) is 8.26. The van der Waals surface area contributed by atoms with Crippen molar-refractivity contribution in [3.05, 3.63) is 35.9 Å². The van der Waals surface area contributed by atoms with Crippen LogP contribution < -0.4 is 0 Å². The number of aliphatic carboxylic acids is 1. The number of fused-ring (bicyclic) bond motifs is 1. The van der Waals surface area contributed by atoms with E-state index >= 15 is 0 Å². The van der Waals surface area contributed by atoms with Crippen molar-refractivity contribution in [3.8, 4) is 0 Å². The van der Waals surface area contributed by atoms with Crippen LogP contribution in [0, 0.1) is 0 Å². The Morgan fingerprint density at radius 2 is 1.96 bits per heavy atom. The molecule has 1 aromatic rings. The van der Waals surface area contributed by atoms with Crippen molar-refractivity contribution in [1.29, 1.82) is 0 Å². The van der Waals surface area contributed by atoms with Crippen molar-refractivity contribution in [3.63, 3.8) is 0 Å². The average molecular weight is 334 g/mol. The van der Waals surface area contributed by atoms with Crippen LogP contribution in [0.25, 0.3) is 0 Å². The molecule has 0 saturated carbocycles. The first kappa shape index (κ1) is 15.9. The minimum Gasteiger partial charge on any atom is -0.480 e. The van der Waals surface area contributed by atoms with Gasteiger partial charge in [0.1, 0.15) is 6.04 Å². The van der Waals surface area contributed by atoms with Crippen molar-refractivity contribution >= 4 is 29.7 Å². The summed E-state index contributed by atoms with van der Waals surface area (Å²) in [4.78, 5) is 39.1. The first-order valence-electron chi connectivity index (χ1n) is 7.38. The van der Waals surface area contributed by atoms with Crippen molar-refractivity contribution in [1.82, 2.24) is 9.80 Å². The van der Waals surface area contributed by atoms with E-state index in [4.69, 9.17) is 0 Å². The fraction of sp³-hybridized carbons (Fsp3) is 0.438. The number of hydrogen-bond donors (Lipinski definition) is 1. The van der Waals surface area contributed by atoms with Crippen LogP contribution in [-0.2, 0) is 16.0 Å². The van der Waals surface area contributed by atoms with Gasteiger partial charge in [-0.3, -0.25) is 14.6 Å². The first-order chi connectivity index (χ1) is 10.8. The highest BCUT2D eigenvalue weighted by molar-refractivity contribution is 8.01. The molecule has 3 amide bonds. The van der Waals surface area contributed by atoms with Gasteiger partial charge in [-0.2, -0.15) is 0 Å². The summed E-state index contributed by atoms with van der Waals surface area (Å²) in [5.41, 5.74) is 0.833. The summed E-state index contributed by atoms with van der Waals surface area (Å²) in [5.74, 6) is -1.33. The average Bonchev–Trinajstić information content (AvgIpc) is 2.91. The fourth-order valence-electron chi connectivity index (χ4n) is 3.20. The number of carboxylic acids is 1. The number of amides is 3. The standard InChI is InChI=1S/C16H18N2O4S/c1-16(2)13(14(20)21)18-12(23-16)9-17(15(18)22)11(19)8-10-6-4-3-5-7-10/h3-7,12-13H,8-9H2,1-2H3,(H,20,21)/t12?,13-/m0/s1. The molecule has 1 aromatic carbocycles. The van der Waals surface area contributed by atoms with E-state index in [9.17, 15) is 19.5 Å². The van der Waals surface area contributed by atoms with Gasteiger partial charge in [-0.25, -0.2) is 9.59 Å². The van der Waals surface area contributed by atoms with Crippen LogP contribution in [0.4, 0.5) is 4.79 Å². The molecule has 0 bridgehead atoms. The third kappa shape index (κ3) is 2.69. The third-order valence-electron chi connectivity index (χ3n) is 4.21. The zero-order valence-electron chi connectivity index (χ0n) is 12.9. The molecule has 0 aliphatic carbocycles. The molecule has 1 N–H and O–H groups in total. The molecule has 7 heteroatoms. The molecule has 23 heavy (non-hydrogen) atoms. The van der Waals surface area contributed by atoms with E-state index in [1.54, 1.807) is 0 Å². The van der Waals surface area contributed by atoms with Crippen molar-refractivity contribution < 1.29 is 19.5 Å². The number of urea groups is 1. The number of nitrogens with zero attached hydrogens (tertiary/aromatic N) is 2. The molecular formula is C16H18N2O4S. The zero-order chi connectivity index (χ0) is 16.8. The zero-order valence-corrected chi connectivity index (χ0v) is 13.7. The van der Waals surface area contributed by atoms with Crippen molar-refractivity contribution in [2.45, 2.75) is 36.4 Å². The smallest absolute Gasteiger partial charge is 0.328 e. The Hall–Kier alpha value is -2.02. The highest BCUT2D eigenvalue weighted by Crippen LogP contribution is 2.47. The van der Waals surface area contributed by atoms with Crippen LogP contribution in [0.2, 0.25) is 0 Å². The van der Waals surface area contributed by atoms with Gasteiger partial charge in [-0.15, -0.1) is 11.8 Å². The molecule has 2 atom stereocenters. The Bertz CT molecular complexity index is 661.